The van der Waals surface area contributed by atoms with Gasteiger partial charge in [0.1, 0.15) is 11.6 Å². The van der Waals surface area contributed by atoms with Crippen LogP contribution in [0, 0.1) is 6.92 Å². The molecular weight excluding hydrogens is 388 g/mol. The summed E-state index contributed by atoms with van der Waals surface area (Å²) < 4.78 is 5.29. The summed E-state index contributed by atoms with van der Waals surface area (Å²) in [5.74, 6) is 2.67. The maximum absolute atomic E-state index is 11.8. The average Bonchev–Trinajstić information content (AvgIpc) is 2.81. The van der Waals surface area contributed by atoms with E-state index in [-0.39, 0.29) is 5.91 Å². The van der Waals surface area contributed by atoms with Gasteiger partial charge in [0.25, 0.3) is 0 Å². The van der Waals surface area contributed by atoms with Crippen LogP contribution in [0.1, 0.15) is 23.7 Å². The van der Waals surface area contributed by atoms with Crippen molar-refractivity contribution in [3.63, 3.8) is 0 Å². The summed E-state index contributed by atoms with van der Waals surface area (Å²) in [6.45, 7) is 6.64. The number of hydrogen-bond donors (Lipinski definition) is 0. The molecule has 0 spiro atoms. The molecule has 6 nitrogen and oxygen atoms in total. The van der Waals surface area contributed by atoms with Gasteiger partial charge < -0.3 is 14.5 Å². The minimum atomic E-state index is 0.127. The van der Waals surface area contributed by atoms with Crippen LogP contribution < -0.4 is 9.64 Å². The number of amides is 1. The Kier molecular flexibility index (Phi) is 6.16. The van der Waals surface area contributed by atoms with Crippen LogP contribution in [0.2, 0.25) is 0 Å². The summed E-state index contributed by atoms with van der Waals surface area (Å²) in [6.07, 6.45) is 0.743. The Morgan fingerprint density at radius 1 is 0.968 bits per heavy atom. The Hall–Kier alpha value is -3.41. The van der Waals surface area contributed by atoms with Gasteiger partial charge in [-0.15, -0.1) is 0 Å². The Labute approximate surface area is 183 Å². The highest BCUT2D eigenvalue weighted by molar-refractivity contribution is 5.73. The fourth-order valence-corrected chi connectivity index (χ4v) is 3.95. The molecule has 4 rings (SSSR count). The van der Waals surface area contributed by atoms with Crippen molar-refractivity contribution in [3.8, 4) is 17.1 Å². The van der Waals surface area contributed by atoms with Gasteiger partial charge in [-0.25, -0.2) is 9.97 Å². The van der Waals surface area contributed by atoms with Gasteiger partial charge >= 0.3 is 0 Å². The maximum Gasteiger partial charge on any atom is 0.219 e. The Balaban J connectivity index is 1.71. The highest BCUT2D eigenvalue weighted by Gasteiger charge is 2.24. The van der Waals surface area contributed by atoms with Crippen molar-refractivity contribution in [2.75, 3.05) is 38.2 Å². The topological polar surface area (TPSA) is 58.6 Å². The molecule has 160 valence electrons. The van der Waals surface area contributed by atoms with Gasteiger partial charge in [0.15, 0.2) is 5.82 Å². The van der Waals surface area contributed by atoms with Crippen molar-refractivity contribution in [3.05, 3.63) is 71.4 Å². The fraction of sp³-hybridized carbons (Fsp3) is 0.320. The number of benzene rings is 2. The number of ether oxygens (including phenoxy) is 1. The molecule has 0 atom stereocenters. The van der Waals surface area contributed by atoms with Crippen LogP contribution in [-0.4, -0.2) is 54.1 Å². The standard InChI is InChI=1S/C25H28N4O2/c1-18-23(17-20-9-11-22(31-3)12-10-20)25(29-15-13-28(14-16-29)19(2)30)27-24(26-18)21-7-5-4-6-8-21/h4-12H,13-17H2,1-3H3. The zero-order chi connectivity index (χ0) is 21.8. The number of hydrogen-bond acceptors (Lipinski definition) is 5. The van der Waals surface area contributed by atoms with Crippen molar-refractivity contribution < 1.29 is 9.53 Å². The first kappa shape index (κ1) is 20.8. The van der Waals surface area contributed by atoms with Gasteiger partial charge in [-0.05, 0) is 24.6 Å². The molecule has 3 aromatic rings. The molecule has 31 heavy (non-hydrogen) atoms. The van der Waals surface area contributed by atoms with E-state index in [2.05, 4.69) is 24.0 Å². The van der Waals surface area contributed by atoms with Crippen LogP contribution in [0.15, 0.2) is 54.6 Å². The smallest absolute Gasteiger partial charge is 0.219 e. The molecule has 1 saturated heterocycles. The van der Waals surface area contributed by atoms with Crippen molar-refractivity contribution in [1.82, 2.24) is 14.9 Å². The van der Waals surface area contributed by atoms with E-state index in [4.69, 9.17) is 14.7 Å². The molecule has 2 aromatic carbocycles. The summed E-state index contributed by atoms with van der Waals surface area (Å²) >= 11 is 0. The third kappa shape index (κ3) is 4.68. The lowest BCUT2D eigenvalue weighted by molar-refractivity contribution is -0.129. The van der Waals surface area contributed by atoms with E-state index in [1.165, 1.54) is 5.56 Å². The lowest BCUT2D eigenvalue weighted by Crippen LogP contribution is -2.48. The monoisotopic (exact) mass is 416 g/mol. The number of nitrogens with zero attached hydrogens (tertiary/aromatic N) is 4. The first-order chi connectivity index (χ1) is 15.0. The summed E-state index contributed by atoms with van der Waals surface area (Å²) in [5, 5.41) is 0. The third-order valence-electron chi connectivity index (χ3n) is 5.79. The molecule has 0 aliphatic carbocycles. The molecule has 0 saturated carbocycles. The summed E-state index contributed by atoms with van der Waals surface area (Å²) in [6, 6.07) is 18.2. The van der Waals surface area contributed by atoms with Gasteiger partial charge in [-0.3, -0.25) is 4.79 Å². The maximum atomic E-state index is 11.8. The highest BCUT2D eigenvalue weighted by Crippen LogP contribution is 2.28. The van der Waals surface area contributed by atoms with Gasteiger partial charge in [0.05, 0.1) is 7.11 Å². The molecule has 2 heterocycles. The van der Waals surface area contributed by atoms with E-state index < -0.39 is 0 Å². The number of piperazine rings is 1. The molecule has 1 aliphatic rings. The van der Waals surface area contributed by atoms with E-state index in [1.54, 1.807) is 14.0 Å². The lowest BCUT2D eigenvalue weighted by Gasteiger charge is -2.36. The second-order valence-electron chi connectivity index (χ2n) is 7.82. The highest BCUT2D eigenvalue weighted by atomic mass is 16.5. The second kappa shape index (κ2) is 9.16. The first-order valence-electron chi connectivity index (χ1n) is 10.6. The van der Waals surface area contributed by atoms with Crippen molar-refractivity contribution in [2.45, 2.75) is 20.3 Å². The Bertz CT molecular complexity index is 1040. The minimum Gasteiger partial charge on any atom is -0.497 e. The zero-order valence-corrected chi connectivity index (χ0v) is 18.3. The van der Waals surface area contributed by atoms with Crippen LogP contribution in [-0.2, 0) is 11.2 Å². The summed E-state index contributed by atoms with van der Waals surface area (Å²) in [4.78, 5) is 25.8. The molecule has 1 amide bonds. The van der Waals surface area contributed by atoms with Crippen molar-refractivity contribution in [1.29, 1.82) is 0 Å². The number of aromatic nitrogens is 2. The number of anilines is 1. The molecule has 1 fully saturated rings. The van der Waals surface area contributed by atoms with E-state index in [0.29, 0.717) is 13.1 Å². The Morgan fingerprint density at radius 2 is 1.65 bits per heavy atom. The van der Waals surface area contributed by atoms with Crippen molar-refractivity contribution in [2.24, 2.45) is 0 Å². The lowest BCUT2D eigenvalue weighted by atomic mass is 10.0. The SMILES string of the molecule is COc1ccc(Cc2c(C)nc(-c3ccccc3)nc2N2CCN(C(C)=O)CC2)cc1. The van der Waals surface area contributed by atoms with E-state index in [1.807, 2.05) is 47.4 Å². The van der Waals surface area contributed by atoms with Crippen LogP contribution in [0.5, 0.6) is 5.75 Å². The number of carbonyl (C=O) groups excluding carboxylic acids is 1. The minimum absolute atomic E-state index is 0.127. The van der Waals surface area contributed by atoms with E-state index in [0.717, 1.165) is 53.7 Å². The van der Waals surface area contributed by atoms with Gasteiger partial charge in [-0.1, -0.05) is 42.5 Å². The summed E-state index contributed by atoms with van der Waals surface area (Å²) in [7, 11) is 1.67. The quantitative estimate of drug-likeness (QED) is 0.634. The van der Waals surface area contributed by atoms with Crippen LogP contribution in [0.4, 0.5) is 5.82 Å². The number of carbonyl (C=O) groups is 1. The zero-order valence-electron chi connectivity index (χ0n) is 18.3. The molecule has 0 N–H and O–H groups in total. The molecule has 0 radical (unpaired) electrons. The van der Waals surface area contributed by atoms with E-state index in [9.17, 15) is 4.79 Å². The van der Waals surface area contributed by atoms with Gasteiger partial charge in [-0.2, -0.15) is 0 Å². The molecule has 0 unspecified atom stereocenters. The largest absolute Gasteiger partial charge is 0.497 e. The second-order valence-corrected chi connectivity index (χ2v) is 7.82. The van der Waals surface area contributed by atoms with Gasteiger partial charge in [0, 0.05) is 56.3 Å². The number of rotatable bonds is 5. The third-order valence-corrected chi connectivity index (χ3v) is 5.79. The van der Waals surface area contributed by atoms with Crippen LogP contribution in [0.3, 0.4) is 0 Å². The van der Waals surface area contributed by atoms with Crippen LogP contribution >= 0.6 is 0 Å². The van der Waals surface area contributed by atoms with E-state index >= 15 is 0 Å². The number of aryl methyl sites for hydroxylation is 1. The molecule has 0 bridgehead atoms. The molecule has 1 aliphatic heterocycles. The molecule has 6 heteroatoms. The predicted octanol–water partition coefficient (Wildman–Crippen LogP) is 3.72. The number of methoxy groups -OCH3 is 1. The fourth-order valence-electron chi connectivity index (χ4n) is 3.95. The molecule has 1 aromatic heterocycles. The van der Waals surface area contributed by atoms with Crippen LogP contribution in [0.25, 0.3) is 11.4 Å². The Morgan fingerprint density at radius 3 is 2.26 bits per heavy atom. The molecular formula is C25H28N4O2. The average molecular weight is 417 g/mol. The van der Waals surface area contributed by atoms with Gasteiger partial charge in [0.2, 0.25) is 5.91 Å². The first-order valence-corrected chi connectivity index (χ1v) is 10.6. The predicted molar refractivity (Wildman–Crippen MR) is 122 cm³/mol. The summed E-state index contributed by atoms with van der Waals surface area (Å²) in [5.41, 5.74) is 4.29. The van der Waals surface area contributed by atoms with Crippen molar-refractivity contribution >= 4 is 11.7 Å². The normalized spacial score (nSPS) is 13.9.